The third kappa shape index (κ3) is 5.39. The molecule has 0 unspecified atom stereocenters. The standard InChI is InChI=1S/C21H25NO6/c1-21(2,15-8-9-17(26-3)18(11-15)27-4)13-22-20(25)14-6-5-7-16(10-14)28-12-19(23)24/h5-11H,12-13H2,1-4H3,(H,22,25)(H,23,24). The largest absolute Gasteiger partial charge is 0.493 e. The van der Waals surface area contributed by atoms with Crippen LogP contribution in [0.4, 0.5) is 0 Å². The number of carbonyl (C=O) groups is 2. The summed E-state index contributed by atoms with van der Waals surface area (Å²) < 4.78 is 15.7. The number of aliphatic carboxylic acids is 1. The minimum atomic E-state index is -1.08. The lowest BCUT2D eigenvalue weighted by Gasteiger charge is -2.26. The van der Waals surface area contributed by atoms with Gasteiger partial charge >= 0.3 is 5.97 Å². The van der Waals surface area contributed by atoms with Crippen LogP contribution in [0.1, 0.15) is 29.8 Å². The summed E-state index contributed by atoms with van der Waals surface area (Å²) in [5.74, 6) is 0.252. The number of nitrogens with one attached hydrogen (secondary N) is 1. The zero-order valence-corrected chi connectivity index (χ0v) is 16.4. The molecule has 2 aromatic carbocycles. The van der Waals surface area contributed by atoms with Crippen molar-refractivity contribution in [3.8, 4) is 17.2 Å². The van der Waals surface area contributed by atoms with Crippen LogP contribution in [0.15, 0.2) is 42.5 Å². The van der Waals surface area contributed by atoms with Crippen molar-refractivity contribution in [2.24, 2.45) is 0 Å². The Kier molecular flexibility index (Phi) is 6.87. The molecule has 7 nitrogen and oxygen atoms in total. The van der Waals surface area contributed by atoms with Gasteiger partial charge in [-0.1, -0.05) is 26.0 Å². The highest BCUT2D eigenvalue weighted by atomic mass is 16.5. The highest BCUT2D eigenvalue weighted by molar-refractivity contribution is 5.94. The van der Waals surface area contributed by atoms with Crippen LogP contribution in [0.5, 0.6) is 17.2 Å². The van der Waals surface area contributed by atoms with Crippen molar-refractivity contribution in [3.05, 3.63) is 53.6 Å². The number of rotatable bonds is 9. The minimum absolute atomic E-state index is 0.269. The minimum Gasteiger partial charge on any atom is -0.493 e. The summed E-state index contributed by atoms with van der Waals surface area (Å²) in [7, 11) is 3.16. The van der Waals surface area contributed by atoms with Crippen molar-refractivity contribution >= 4 is 11.9 Å². The molecular weight excluding hydrogens is 362 g/mol. The Labute approximate surface area is 164 Å². The van der Waals surface area contributed by atoms with Crippen molar-refractivity contribution in [2.45, 2.75) is 19.3 Å². The van der Waals surface area contributed by atoms with Crippen molar-refractivity contribution < 1.29 is 28.9 Å². The molecule has 7 heteroatoms. The molecule has 2 rings (SSSR count). The number of hydrogen-bond acceptors (Lipinski definition) is 5. The zero-order chi connectivity index (χ0) is 20.7. The van der Waals surface area contributed by atoms with Crippen LogP contribution < -0.4 is 19.5 Å². The van der Waals surface area contributed by atoms with Crippen LogP contribution in [0.25, 0.3) is 0 Å². The summed E-state index contributed by atoms with van der Waals surface area (Å²) in [6.07, 6.45) is 0. The summed E-state index contributed by atoms with van der Waals surface area (Å²) in [5.41, 5.74) is 1.03. The van der Waals surface area contributed by atoms with Crippen LogP contribution in [-0.4, -0.2) is 44.4 Å². The normalized spacial score (nSPS) is 10.9. The Morgan fingerprint density at radius 3 is 2.39 bits per heavy atom. The third-order valence-electron chi connectivity index (χ3n) is 4.31. The number of carboxylic acid groups (broad SMARTS) is 1. The molecule has 0 aliphatic carbocycles. The Morgan fingerprint density at radius 2 is 1.75 bits per heavy atom. The lowest BCUT2D eigenvalue weighted by atomic mass is 9.84. The van der Waals surface area contributed by atoms with E-state index >= 15 is 0 Å². The lowest BCUT2D eigenvalue weighted by molar-refractivity contribution is -0.139. The maximum Gasteiger partial charge on any atom is 0.341 e. The van der Waals surface area contributed by atoms with Crippen molar-refractivity contribution in [3.63, 3.8) is 0 Å². The highest BCUT2D eigenvalue weighted by Crippen LogP contribution is 2.33. The molecule has 0 radical (unpaired) electrons. The maximum absolute atomic E-state index is 12.5. The van der Waals surface area contributed by atoms with E-state index in [1.54, 1.807) is 32.4 Å². The molecule has 0 aromatic heterocycles. The van der Waals surface area contributed by atoms with E-state index in [0.29, 0.717) is 29.4 Å². The van der Waals surface area contributed by atoms with E-state index in [0.717, 1.165) is 5.56 Å². The molecule has 0 saturated carbocycles. The molecule has 2 aromatic rings. The summed E-state index contributed by atoms with van der Waals surface area (Å²) in [4.78, 5) is 23.1. The van der Waals surface area contributed by atoms with Gasteiger partial charge in [-0.2, -0.15) is 0 Å². The van der Waals surface area contributed by atoms with E-state index in [-0.39, 0.29) is 11.3 Å². The van der Waals surface area contributed by atoms with Gasteiger partial charge in [-0.05, 0) is 35.9 Å². The van der Waals surface area contributed by atoms with Crippen LogP contribution in [0.2, 0.25) is 0 Å². The smallest absolute Gasteiger partial charge is 0.341 e. The van der Waals surface area contributed by atoms with Gasteiger partial charge in [-0.25, -0.2) is 4.79 Å². The highest BCUT2D eigenvalue weighted by Gasteiger charge is 2.23. The molecule has 0 atom stereocenters. The van der Waals surface area contributed by atoms with E-state index in [4.69, 9.17) is 19.3 Å². The first-order valence-electron chi connectivity index (χ1n) is 8.72. The number of amides is 1. The van der Waals surface area contributed by atoms with Gasteiger partial charge in [0.25, 0.3) is 5.91 Å². The van der Waals surface area contributed by atoms with Gasteiger partial charge in [0, 0.05) is 17.5 Å². The first kappa shape index (κ1) is 21.1. The predicted molar refractivity (Wildman–Crippen MR) is 104 cm³/mol. The fraction of sp³-hybridized carbons (Fsp3) is 0.333. The molecule has 0 bridgehead atoms. The van der Waals surface area contributed by atoms with Gasteiger partial charge in [0.15, 0.2) is 18.1 Å². The topological polar surface area (TPSA) is 94.1 Å². The number of methoxy groups -OCH3 is 2. The molecule has 2 N–H and O–H groups in total. The second-order valence-electron chi connectivity index (χ2n) is 6.85. The zero-order valence-electron chi connectivity index (χ0n) is 16.4. The molecule has 1 amide bonds. The first-order valence-corrected chi connectivity index (χ1v) is 8.72. The van der Waals surface area contributed by atoms with Gasteiger partial charge in [-0.3, -0.25) is 4.79 Å². The number of carbonyl (C=O) groups excluding carboxylic acids is 1. The van der Waals surface area contributed by atoms with E-state index < -0.39 is 12.6 Å². The SMILES string of the molecule is COc1ccc(C(C)(C)CNC(=O)c2cccc(OCC(=O)O)c2)cc1OC. The van der Waals surface area contributed by atoms with Crippen molar-refractivity contribution in [1.82, 2.24) is 5.32 Å². The van der Waals surface area contributed by atoms with Gasteiger partial charge in [-0.15, -0.1) is 0 Å². The maximum atomic E-state index is 12.5. The number of benzene rings is 2. The number of carboxylic acids is 1. The van der Waals surface area contributed by atoms with E-state index in [1.165, 1.54) is 6.07 Å². The molecule has 0 spiro atoms. The molecule has 28 heavy (non-hydrogen) atoms. The summed E-state index contributed by atoms with van der Waals surface area (Å²) in [5, 5.41) is 11.6. The average Bonchev–Trinajstić information content (AvgIpc) is 2.70. The van der Waals surface area contributed by atoms with Crippen molar-refractivity contribution in [2.75, 3.05) is 27.4 Å². The van der Waals surface area contributed by atoms with Gasteiger partial charge in [0.2, 0.25) is 0 Å². The van der Waals surface area contributed by atoms with Crippen LogP contribution in [0.3, 0.4) is 0 Å². The second kappa shape index (κ2) is 9.12. The Balaban J connectivity index is 2.07. The van der Waals surface area contributed by atoms with Gasteiger partial charge in [0.1, 0.15) is 5.75 Å². The lowest BCUT2D eigenvalue weighted by Crippen LogP contribution is -2.36. The molecule has 0 aliphatic heterocycles. The summed E-state index contributed by atoms with van der Waals surface area (Å²) >= 11 is 0. The molecular formula is C21H25NO6. The second-order valence-corrected chi connectivity index (χ2v) is 6.85. The number of ether oxygens (including phenoxy) is 3. The quantitative estimate of drug-likeness (QED) is 0.687. The average molecular weight is 387 g/mol. The molecule has 0 fully saturated rings. The van der Waals surface area contributed by atoms with Crippen LogP contribution in [0, 0.1) is 0 Å². The summed E-state index contributed by atoms with van der Waals surface area (Å²) in [6, 6.07) is 12.1. The fourth-order valence-corrected chi connectivity index (χ4v) is 2.63. The summed E-state index contributed by atoms with van der Waals surface area (Å²) in [6.45, 7) is 3.96. The Bertz CT molecular complexity index is 847. The van der Waals surface area contributed by atoms with Gasteiger partial charge in [0.05, 0.1) is 14.2 Å². The third-order valence-corrected chi connectivity index (χ3v) is 4.31. The molecule has 0 saturated heterocycles. The van der Waals surface area contributed by atoms with Crippen LogP contribution >= 0.6 is 0 Å². The van der Waals surface area contributed by atoms with E-state index in [9.17, 15) is 9.59 Å². The monoisotopic (exact) mass is 387 g/mol. The van der Waals surface area contributed by atoms with Crippen molar-refractivity contribution in [1.29, 1.82) is 0 Å². The van der Waals surface area contributed by atoms with Gasteiger partial charge < -0.3 is 24.6 Å². The molecule has 0 heterocycles. The number of hydrogen-bond donors (Lipinski definition) is 2. The van der Waals surface area contributed by atoms with Crippen LogP contribution in [-0.2, 0) is 10.2 Å². The molecule has 0 aliphatic rings. The predicted octanol–water partition coefficient (Wildman–Crippen LogP) is 2.87. The first-order chi connectivity index (χ1) is 13.3. The van der Waals surface area contributed by atoms with E-state index in [1.807, 2.05) is 32.0 Å². The van der Waals surface area contributed by atoms with E-state index in [2.05, 4.69) is 5.32 Å². The Morgan fingerprint density at radius 1 is 1.04 bits per heavy atom. The molecule has 150 valence electrons. The Hall–Kier alpha value is -3.22. The fourth-order valence-electron chi connectivity index (χ4n) is 2.63.